The highest BCUT2D eigenvalue weighted by Gasteiger charge is 2.34. The SMILES string of the molecule is O=C(Cc1ccc(-n2cnnc2)cc1)NC1CCN(CC(F)(F)F)C1. The number of amides is 1. The fraction of sp³-hybridized carbons (Fsp3) is 0.438. The van der Waals surface area contributed by atoms with Crippen molar-refractivity contribution < 1.29 is 18.0 Å². The van der Waals surface area contributed by atoms with Gasteiger partial charge >= 0.3 is 6.18 Å². The molecule has 1 amide bonds. The standard InChI is InChI=1S/C16H18F3N5O/c17-16(18,19)9-23-6-5-13(8-23)22-15(25)7-12-1-3-14(4-2-12)24-10-20-21-11-24/h1-4,10-11,13H,5-9H2,(H,22,25). The van der Waals surface area contributed by atoms with Crippen LogP contribution in [0.5, 0.6) is 0 Å². The predicted molar refractivity (Wildman–Crippen MR) is 84.1 cm³/mol. The van der Waals surface area contributed by atoms with E-state index in [9.17, 15) is 18.0 Å². The molecule has 1 aromatic carbocycles. The molecule has 1 atom stereocenters. The second-order valence-electron chi connectivity index (χ2n) is 6.12. The van der Waals surface area contributed by atoms with Crippen LogP contribution in [0.4, 0.5) is 13.2 Å². The van der Waals surface area contributed by atoms with E-state index in [-0.39, 0.29) is 24.9 Å². The molecular weight excluding hydrogens is 335 g/mol. The van der Waals surface area contributed by atoms with Crippen LogP contribution in [0.25, 0.3) is 5.69 Å². The van der Waals surface area contributed by atoms with E-state index in [1.54, 1.807) is 17.2 Å². The van der Waals surface area contributed by atoms with E-state index in [1.807, 2.05) is 24.3 Å². The van der Waals surface area contributed by atoms with Gasteiger partial charge in [0.05, 0.1) is 13.0 Å². The Morgan fingerprint density at radius 1 is 1.20 bits per heavy atom. The Labute approximate surface area is 142 Å². The summed E-state index contributed by atoms with van der Waals surface area (Å²) in [7, 11) is 0. The number of hydrogen-bond donors (Lipinski definition) is 1. The molecule has 6 nitrogen and oxygen atoms in total. The number of alkyl halides is 3. The van der Waals surface area contributed by atoms with Gasteiger partial charge in [0.15, 0.2) is 0 Å². The van der Waals surface area contributed by atoms with Gasteiger partial charge in [-0.15, -0.1) is 10.2 Å². The Kier molecular flexibility index (Phi) is 5.03. The number of halogens is 3. The van der Waals surface area contributed by atoms with Crippen LogP contribution in [0.3, 0.4) is 0 Å². The highest BCUT2D eigenvalue weighted by atomic mass is 19.4. The van der Waals surface area contributed by atoms with Crippen LogP contribution in [0.1, 0.15) is 12.0 Å². The van der Waals surface area contributed by atoms with Gasteiger partial charge in [-0.25, -0.2) is 0 Å². The minimum atomic E-state index is -4.20. The number of likely N-dealkylation sites (tertiary alicyclic amines) is 1. The smallest absolute Gasteiger partial charge is 0.352 e. The van der Waals surface area contributed by atoms with Gasteiger partial charge in [-0.3, -0.25) is 14.3 Å². The van der Waals surface area contributed by atoms with Crippen LogP contribution < -0.4 is 5.32 Å². The molecule has 3 rings (SSSR count). The van der Waals surface area contributed by atoms with Gasteiger partial charge in [-0.1, -0.05) is 12.1 Å². The number of hydrogen-bond acceptors (Lipinski definition) is 4. The minimum Gasteiger partial charge on any atom is -0.352 e. The van der Waals surface area contributed by atoms with E-state index >= 15 is 0 Å². The Bertz CT molecular complexity index is 700. The lowest BCUT2D eigenvalue weighted by Gasteiger charge is -2.18. The summed E-state index contributed by atoms with van der Waals surface area (Å²) in [4.78, 5) is 13.4. The van der Waals surface area contributed by atoms with Crippen molar-refractivity contribution in [3.63, 3.8) is 0 Å². The van der Waals surface area contributed by atoms with Crippen molar-refractivity contribution in [3.05, 3.63) is 42.5 Å². The number of carbonyl (C=O) groups excluding carboxylic acids is 1. The van der Waals surface area contributed by atoms with Crippen molar-refractivity contribution in [1.82, 2.24) is 25.0 Å². The van der Waals surface area contributed by atoms with Gasteiger partial charge in [0.1, 0.15) is 12.7 Å². The third kappa shape index (κ3) is 5.02. The molecule has 134 valence electrons. The lowest BCUT2D eigenvalue weighted by atomic mass is 10.1. The van der Waals surface area contributed by atoms with Crippen LogP contribution >= 0.6 is 0 Å². The fourth-order valence-corrected chi connectivity index (χ4v) is 2.93. The Morgan fingerprint density at radius 2 is 1.88 bits per heavy atom. The molecule has 1 aliphatic heterocycles. The van der Waals surface area contributed by atoms with Crippen molar-refractivity contribution in [2.24, 2.45) is 0 Å². The molecule has 0 bridgehead atoms. The molecular formula is C16H18F3N5O. The van der Waals surface area contributed by atoms with Crippen molar-refractivity contribution >= 4 is 5.91 Å². The van der Waals surface area contributed by atoms with E-state index in [0.29, 0.717) is 13.0 Å². The second kappa shape index (κ2) is 7.22. The van der Waals surface area contributed by atoms with Gasteiger partial charge in [0, 0.05) is 24.8 Å². The monoisotopic (exact) mass is 353 g/mol. The molecule has 1 fully saturated rings. The van der Waals surface area contributed by atoms with Gasteiger partial charge in [-0.05, 0) is 24.1 Å². The van der Waals surface area contributed by atoms with Crippen molar-refractivity contribution in [2.45, 2.75) is 25.1 Å². The number of benzene rings is 1. The summed E-state index contributed by atoms with van der Waals surface area (Å²) >= 11 is 0. The molecule has 1 aliphatic rings. The molecule has 9 heteroatoms. The molecule has 2 heterocycles. The minimum absolute atomic E-state index is 0.184. The maximum Gasteiger partial charge on any atom is 0.401 e. The summed E-state index contributed by atoms with van der Waals surface area (Å²) in [5.74, 6) is -0.184. The fourth-order valence-electron chi connectivity index (χ4n) is 2.93. The molecule has 0 saturated carbocycles. The van der Waals surface area contributed by atoms with Gasteiger partial charge in [0.2, 0.25) is 5.91 Å². The summed E-state index contributed by atoms with van der Waals surface area (Å²) in [6.45, 7) is -0.347. The van der Waals surface area contributed by atoms with Crippen molar-refractivity contribution in [2.75, 3.05) is 19.6 Å². The second-order valence-corrected chi connectivity index (χ2v) is 6.12. The zero-order chi connectivity index (χ0) is 17.9. The zero-order valence-corrected chi connectivity index (χ0v) is 13.4. The lowest BCUT2D eigenvalue weighted by Crippen LogP contribution is -2.39. The highest BCUT2D eigenvalue weighted by Crippen LogP contribution is 2.20. The molecule has 1 aromatic heterocycles. The largest absolute Gasteiger partial charge is 0.401 e. The Hall–Kier alpha value is -2.42. The summed E-state index contributed by atoms with van der Waals surface area (Å²) in [5, 5.41) is 10.3. The molecule has 25 heavy (non-hydrogen) atoms. The van der Waals surface area contributed by atoms with E-state index in [4.69, 9.17) is 0 Å². The molecule has 0 spiro atoms. The Balaban J connectivity index is 1.48. The third-order valence-electron chi connectivity index (χ3n) is 4.06. The first kappa shape index (κ1) is 17.4. The first-order valence-corrected chi connectivity index (χ1v) is 7.91. The first-order valence-electron chi connectivity index (χ1n) is 7.91. The lowest BCUT2D eigenvalue weighted by molar-refractivity contribution is -0.143. The number of aromatic nitrogens is 3. The van der Waals surface area contributed by atoms with E-state index < -0.39 is 12.7 Å². The maximum atomic E-state index is 12.4. The highest BCUT2D eigenvalue weighted by molar-refractivity contribution is 5.79. The molecule has 1 N–H and O–H groups in total. The van der Waals surface area contributed by atoms with Crippen molar-refractivity contribution in [1.29, 1.82) is 0 Å². The average Bonchev–Trinajstić information content (AvgIpc) is 3.18. The van der Waals surface area contributed by atoms with Crippen LogP contribution in [-0.2, 0) is 11.2 Å². The number of nitrogens with one attached hydrogen (secondary N) is 1. The number of rotatable bonds is 5. The molecule has 1 unspecified atom stereocenters. The molecule has 0 radical (unpaired) electrons. The summed E-state index contributed by atoms with van der Waals surface area (Å²) in [6.07, 6.45) is -0.318. The topological polar surface area (TPSA) is 63.1 Å². The normalized spacial score (nSPS) is 18.4. The van der Waals surface area contributed by atoms with Crippen LogP contribution in [-0.4, -0.2) is 57.4 Å². The van der Waals surface area contributed by atoms with Crippen LogP contribution in [0.2, 0.25) is 0 Å². The van der Waals surface area contributed by atoms with Gasteiger partial charge < -0.3 is 5.32 Å². The maximum absolute atomic E-state index is 12.4. The molecule has 0 aliphatic carbocycles. The van der Waals surface area contributed by atoms with Gasteiger partial charge in [-0.2, -0.15) is 13.2 Å². The molecule has 1 saturated heterocycles. The Morgan fingerprint density at radius 3 is 2.52 bits per heavy atom. The predicted octanol–water partition coefficient (Wildman–Crippen LogP) is 1.56. The van der Waals surface area contributed by atoms with E-state index in [0.717, 1.165) is 11.3 Å². The zero-order valence-electron chi connectivity index (χ0n) is 13.4. The first-order chi connectivity index (χ1) is 11.9. The van der Waals surface area contributed by atoms with E-state index in [2.05, 4.69) is 15.5 Å². The molecule has 2 aromatic rings. The number of nitrogens with zero attached hydrogens (tertiary/aromatic N) is 4. The van der Waals surface area contributed by atoms with Crippen LogP contribution in [0.15, 0.2) is 36.9 Å². The summed E-state index contributed by atoms with van der Waals surface area (Å²) < 4.78 is 38.9. The van der Waals surface area contributed by atoms with Crippen LogP contribution in [0, 0.1) is 0 Å². The summed E-state index contributed by atoms with van der Waals surface area (Å²) in [6, 6.07) is 7.14. The van der Waals surface area contributed by atoms with E-state index in [1.165, 1.54) is 4.90 Å². The average molecular weight is 353 g/mol. The summed E-state index contributed by atoms with van der Waals surface area (Å²) in [5.41, 5.74) is 1.72. The quantitative estimate of drug-likeness (QED) is 0.886. The third-order valence-corrected chi connectivity index (χ3v) is 4.06. The van der Waals surface area contributed by atoms with Gasteiger partial charge in [0.25, 0.3) is 0 Å². The number of carbonyl (C=O) groups is 1. The van der Waals surface area contributed by atoms with Crippen molar-refractivity contribution in [3.8, 4) is 5.69 Å².